The Balaban J connectivity index is 0.000000324. The lowest BCUT2D eigenvalue weighted by atomic mass is 10.0. The molecule has 0 amide bonds. The van der Waals surface area contributed by atoms with Crippen molar-refractivity contribution in [3.63, 3.8) is 0 Å². The van der Waals surface area contributed by atoms with Crippen LogP contribution >= 0.6 is 118 Å². The average Bonchev–Trinajstić information content (AvgIpc) is 2.88. The molecule has 4 aromatic carbocycles. The van der Waals surface area contributed by atoms with Gasteiger partial charge in [0.05, 0.1) is 0 Å². The Morgan fingerprint density at radius 2 is 0.975 bits per heavy atom. The predicted octanol–water partition coefficient (Wildman–Crippen LogP) is 14.4. The van der Waals surface area contributed by atoms with Crippen LogP contribution in [0.15, 0.2) is 87.5 Å². The molecule has 4 rings (SSSR count). The topological polar surface area (TPSA) is 26.0 Å². The molecule has 40 heavy (non-hydrogen) atoms. The molecule has 4 aromatic rings. The van der Waals surface area contributed by atoms with Gasteiger partial charge in [-0.25, -0.2) is 0 Å². The van der Waals surface area contributed by atoms with Crippen LogP contribution < -0.4 is 5.73 Å². The summed E-state index contributed by atoms with van der Waals surface area (Å²) < 4.78 is 7.93. The second-order valence-corrected chi connectivity index (χ2v) is 15.3. The normalized spacial score (nSPS) is 10.1. The first-order valence-corrected chi connectivity index (χ1v) is 18.0. The Labute approximate surface area is 304 Å². The van der Waals surface area contributed by atoms with Crippen molar-refractivity contribution >= 4 is 124 Å². The quantitative estimate of drug-likeness (QED) is 0.160. The van der Waals surface area contributed by atoms with E-state index in [1.54, 1.807) is 0 Å². The SMILES string of the molecule is C.CCCCc1ccc(-c2cc(Br)c(C)c(Br)c2)cc1.Cc1c(Br)cc(I)cc1Br.Cc1c(Br)cc(N)cc1Br. The summed E-state index contributed by atoms with van der Waals surface area (Å²) in [4.78, 5) is 0. The first kappa shape index (κ1) is 38.3. The van der Waals surface area contributed by atoms with Crippen molar-refractivity contribution in [2.45, 2.75) is 54.4 Å². The standard InChI is InChI=1S/C17H18Br2.C7H5Br2I.C7H7Br2N.CH4/c1-3-4-5-13-6-8-14(9-7-13)15-10-16(18)12(2)17(19)11-15;2*1-4-6(8)2-5(10)3-7(4)9;/h6-11H,3-5H2,1-2H3;2-3H,1H3;2-3H,10H2,1H3;1H4. The van der Waals surface area contributed by atoms with Crippen LogP contribution in [0, 0.1) is 24.3 Å². The summed E-state index contributed by atoms with van der Waals surface area (Å²) in [6.45, 7) is 8.43. The Kier molecular flexibility index (Phi) is 18.0. The number of nitrogens with two attached hydrogens (primary N) is 1. The molecule has 0 aliphatic carbocycles. The van der Waals surface area contributed by atoms with Crippen molar-refractivity contribution in [3.8, 4) is 11.1 Å². The molecule has 2 N–H and O–H groups in total. The lowest BCUT2D eigenvalue weighted by Gasteiger charge is -2.08. The first-order chi connectivity index (χ1) is 18.3. The van der Waals surface area contributed by atoms with Crippen molar-refractivity contribution in [2.24, 2.45) is 0 Å². The lowest BCUT2D eigenvalue weighted by Crippen LogP contribution is -1.86. The van der Waals surface area contributed by atoms with Gasteiger partial charge in [-0.2, -0.15) is 0 Å². The minimum absolute atomic E-state index is 0. The molecular formula is C32H34Br6IN. The molecule has 0 spiro atoms. The summed E-state index contributed by atoms with van der Waals surface area (Å²) in [5.74, 6) is 0. The van der Waals surface area contributed by atoms with Gasteiger partial charge >= 0.3 is 0 Å². The van der Waals surface area contributed by atoms with Gasteiger partial charge in [0.1, 0.15) is 0 Å². The van der Waals surface area contributed by atoms with E-state index in [4.69, 9.17) is 5.73 Å². The fraction of sp³-hybridized carbons (Fsp3) is 0.250. The summed E-state index contributed by atoms with van der Waals surface area (Å²) in [5, 5.41) is 0. The van der Waals surface area contributed by atoms with Crippen LogP contribution in [-0.2, 0) is 6.42 Å². The highest BCUT2D eigenvalue weighted by molar-refractivity contribution is 14.1. The van der Waals surface area contributed by atoms with E-state index in [2.05, 4.69) is 187 Å². The highest BCUT2D eigenvalue weighted by Gasteiger charge is 2.05. The van der Waals surface area contributed by atoms with E-state index >= 15 is 0 Å². The molecule has 8 heteroatoms. The van der Waals surface area contributed by atoms with Crippen molar-refractivity contribution in [1.29, 1.82) is 0 Å². The molecule has 0 heterocycles. The number of nitrogen functional groups attached to an aromatic ring is 1. The van der Waals surface area contributed by atoms with E-state index < -0.39 is 0 Å². The zero-order valence-corrected chi connectivity index (χ0v) is 33.8. The molecular weight excluding hydrogens is 1000 g/mol. The van der Waals surface area contributed by atoms with Gasteiger partial charge in [-0.3, -0.25) is 0 Å². The van der Waals surface area contributed by atoms with Gasteiger partial charge in [0.25, 0.3) is 0 Å². The maximum Gasteiger partial charge on any atom is 0.0336 e. The maximum absolute atomic E-state index is 5.57. The van der Waals surface area contributed by atoms with Gasteiger partial charge in [0, 0.05) is 36.1 Å². The number of unbranched alkanes of at least 4 members (excludes halogenated alkanes) is 1. The summed E-state index contributed by atoms with van der Waals surface area (Å²) >= 11 is 23.2. The van der Waals surface area contributed by atoms with Crippen LogP contribution in [0.3, 0.4) is 0 Å². The van der Waals surface area contributed by atoms with Crippen molar-refractivity contribution in [1.82, 2.24) is 0 Å². The number of aryl methyl sites for hydroxylation is 1. The fourth-order valence-corrected chi connectivity index (χ4v) is 8.41. The third-order valence-corrected chi connectivity index (χ3v) is 11.5. The molecule has 0 aliphatic rings. The molecule has 0 aliphatic heterocycles. The number of hydrogen-bond donors (Lipinski definition) is 1. The van der Waals surface area contributed by atoms with Crippen LogP contribution in [0.1, 0.15) is 49.4 Å². The first-order valence-electron chi connectivity index (χ1n) is 12.2. The van der Waals surface area contributed by atoms with E-state index in [-0.39, 0.29) is 7.43 Å². The van der Waals surface area contributed by atoms with Crippen LogP contribution in [-0.4, -0.2) is 0 Å². The Hall–Kier alpha value is 0.290. The smallest absolute Gasteiger partial charge is 0.0336 e. The van der Waals surface area contributed by atoms with E-state index in [1.807, 2.05) is 19.1 Å². The summed E-state index contributed by atoms with van der Waals surface area (Å²) in [7, 11) is 0. The summed E-state index contributed by atoms with van der Waals surface area (Å²) in [5.41, 5.74) is 13.9. The van der Waals surface area contributed by atoms with Gasteiger partial charge in [-0.05, 0) is 126 Å². The van der Waals surface area contributed by atoms with E-state index in [9.17, 15) is 0 Å². The van der Waals surface area contributed by atoms with Gasteiger partial charge < -0.3 is 5.73 Å². The van der Waals surface area contributed by atoms with Crippen molar-refractivity contribution in [2.75, 3.05) is 5.73 Å². The highest BCUT2D eigenvalue weighted by Crippen LogP contribution is 2.32. The van der Waals surface area contributed by atoms with Crippen LogP contribution in [0.2, 0.25) is 0 Å². The minimum atomic E-state index is 0. The zero-order valence-electron chi connectivity index (χ0n) is 22.1. The van der Waals surface area contributed by atoms with Crippen LogP contribution in [0.25, 0.3) is 11.1 Å². The molecule has 0 unspecified atom stereocenters. The second kappa shape index (κ2) is 18.8. The average molecular weight is 1040 g/mol. The van der Waals surface area contributed by atoms with Gasteiger partial charge in [-0.15, -0.1) is 0 Å². The minimum Gasteiger partial charge on any atom is -0.399 e. The molecule has 0 radical (unpaired) electrons. The van der Waals surface area contributed by atoms with Crippen molar-refractivity contribution < 1.29 is 0 Å². The number of benzene rings is 4. The predicted molar refractivity (Wildman–Crippen MR) is 208 cm³/mol. The largest absolute Gasteiger partial charge is 0.399 e. The van der Waals surface area contributed by atoms with Crippen LogP contribution in [0.5, 0.6) is 0 Å². The Morgan fingerprint density at radius 3 is 1.38 bits per heavy atom. The Morgan fingerprint density at radius 1 is 0.600 bits per heavy atom. The molecule has 0 fully saturated rings. The van der Waals surface area contributed by atoms with E-state index in [0.29, 0.717) is 0 Å². The van der Waals surface area contributed by atoms with E-state index in [0.717, 1.165) is 32.5 Å². The molecule has 0 aromatic heterocycles. The number of hydrogen-bond acceptors (Lipinski definition) is 1. The van der Waals surface area contributed by atoms with Crippen LogP contribution in [0.4, 0.5) is 5.69 Å². The van der Waals surface area contributed by atoms with Gasteiger partial charge in [0.15, 0.2) is 0 Å². The molecule has 0 saturated carbocycles. The molecule has 1 nitrogen and oxygen atoms in total. The van der Waals surface area contributed by atoms with Gasteiger partial charge in [-0.1, -0.05) is 141 Å². The third kappa shape index (κ3) is 12.1. The number of rotatable bonds is 4. The molecule has 0 atom stereocenters. The third-order valence-electron chi connectivity index (χ3n) is 5.94. The lowest BCUT2D eigenvalue weighted by molar-refractivity contribution is 0.795. The number of anilines is 1. The Bertz CT molecular complexity index is 1280. The monoisotopic (exact) mass is 1030 g/mol. The highest BCUT2D eigenvalue weighted by atomic mass is 127. The molecule has 216 valence electrons. The summed E-state index contributed by atoms with van der Waals surface area (Å²) in [6.07, 6.45) is 3.69. The maximum atomic E-state index is 5.57. The fourth-order valence-electron chi connectivity index (χ4n) is 3.34. The van der Waals surface area contributed by atoms with E-state index in [1.165, 1.54) is 56.2 Å². The van der Waals surface area contributed by atoms with Gasteiger partial charge in [0.2, 0.25) is 0 Å². The zero-order chi connectivity index (χ0) is 29.3. The second-order valence-electron chi connectivity index (χ2n) is 8.97. The number of halogens is 7. The molecule has 0 saturated heterocycles. The summed E-state index contributed by atoms with van der Waals surface area (Å²) in [6, 6.07) is 21.3. The van der Waals surface area contributed by atoms with Crippen molar-refractivity contribution in [3.05, 3.63) is 113 Å². The molecule has 0 bridgehead atoms.